The topological polar surface area (TPSA) is 40.9 Å². The zero-order valence-electron chi connectivity index (χ0n) is 12.3. The number of hydrogen-bond acceptors (Lipinski definition) is 3. The lowest BCUT2D eigenvalue weighted by atomic mass is 10.2. The molecule has 0 atom stereocenters. The average molecular weight is 272 g/mol. The number of hydrogen-bond donors (Lipinski definition) is 0. The van der Waals surface area contributed by atoms with Gasteiger partial charge in [0.1, 0.15) is 11.3 Å². The lowest BCUT2D eigenvalue weighted by Gasteiger charge is -2.32. The van der Waals surface area contributed by atoms with Crippen LogP contribution in [0.3, 0.4) is 0 Å². The van der Waals surface area contributed by atoms with Crippen LogP contribution in [0.1, 0.15) is 21.7 Å². The zero-order chi connectivity index (χ0) is 14.3. The van der Waals surface area contributed by atoms with Crippen molar-refractivity contribution >= 4 is 11.6 Å². The van der Waals surface area contributed by atoms with Crippen molar-refractivity contribution in [3.05, 3.63) is 35.3 Å². The van der Waals surface area contributed by atoms with Crippen molar-refractivity contribution in [1.82, 2.24) is 19.2 Å². The minimum absolute atomic E-state index is 0.0914. The first-order valence-electron chi connectivity index (χ1n) is 6.99. The highest BCUT2D eigenvalue weighted by Crippen LogP contribution is 2.16. The summed E-state index contributed by atoms with van der Waals surface area (Å²) in [7, 11) is 2.09. The van der Waals surface area contributed by atoms with E-state index in [2.05, 4.69) is 16.9 Å². The molecule has 2 aromatic rings. The number of rotatable bonds is 1. The molecule has 3 rings (SSSR count). The van der Waals surface area contributed by atoms with Gasteiger partial charge in [-0.15, -0.1) is 0 Å². The van der Waals surface area contributed by atoms with Crippen LogP contribution in [0.2, 0.25) is 0 Å². The number of imidazole rings is 1. The molecule has 0 unspecified atom stereocenters. The molecule has 0 radical (unpaired) electrons. The van der Waals surface area contributed by atoms with Gasteiger partial charge in [-0.3, -0.25) is 9.20 Å². The highest BCUT2D eigenvalue weighted by atomic mass is 16.2. The van der Waals surface area contributed by atoms with Crippen LogP contribution >= 0.6 is 0 Å². The second-order valence-electron chi connectivity index (χ2n) is 5.58. The molecule has 1 saturated heterocycles. The number of carbonyl (C=O) groups is 1. The molecule has 1 aliphatic rings. The normalized spacial score (nSPS) is 16.9. The minimum Gasteiger partial charge on any atom is -0.335 e. The predicted octanol–water partition coefficient (Wildman–Crippen LogP) is 1.34. The zero-order valence-corrected chi connectivity index (χ0v) is 12.3. The van der Waals surface area contributed by atoms with Crippen molar-refractivity contribution in [2.24, 2.45) is 0 Å². The molecular weight excluding hydrogens is 252 g/mol. The third kappa shape index (κ3) is 2.18. The Bertz CT molecular complexity index is 653. The van der Waals surface area contributed by atoms with Gasteiger partial charge in [0.25, 0.3) is 5.91 Å². The lowest BCUT2D eigenvalue weighted by molar-refractivity contribution is 0.0656. The smallest absolute Gasteiger partial charge is 0.272 e. The van der Waals surface area contributed by atoms with E-state index in [1.165, 1.54) is 0 Å². The molecule has 1 amide bonds. The van der Waals surface area contributed by atoms with Gasteiger partial charge in [-0.1, -0.05) is 6.07 Å². The maximum absolute atomic E-state index is 12.8. The van der Waals surface area contributed by atoms with Crippen molar-refractivity contribution < 1.29 is 4.79 Å². The summed E-state index contributed by atoms with van der Waals surface area (Å²) in [4.78, 5) is 21.4. The summed E-state index contributed by atoms with van der Waals surface area (Å²) in [5.74, 6) is 0.0914. The molecule has 106 valence electrons. The van der Waals surface area contributed by atoms with Crippen LogP contribution in [0.5, 0.6) is 0 Å². The van der Waals surface area contributed by atoms with Crippen LogP contribution in [-0.4, -0.2) is 58.3 Å². The second kappa shape index (κ2) is 4.90. The van der Waals surface area contributed by atoms with E-state index in [-0.39, 0.29) is 5.91 Å². The van der Waals surface area contributed by atoms with E-state index in [9.17, 15) is 4.79 Å². The molecular formula is C15H20N4O. The first-order chi connectivity index (χ1) is 9.56. The van der Waals surface area contributed by atoms with Gasteiger partial charge in [0.2, 0.25) is 0 Å². The molecule has 20 heavy (non-hydrogen) atoms. The van der Waals surface area contributed by atoms with Crippen molar-refractivity contribution in [2.75, 3.05) is 33.2 Å². The second-order valence-corrected chi connectivity index (χ2v) is 5.58. The summed E-state index contributed by atoms with van der Waals surface area (Å²) in [6, 6.07) is 3.98. The molecule has 0 aromatic carbocycles. The van der Waals surface area contributed by atoms with E-state index in [0.29, 0.717) is 5.69 Å². The van der Waals surface area contributed by atoms with Gasteiger partial charge in [0.15, 0.2) is 0 Å². The lowest BCUT2D eigenvalue weighted by Crippen LogP contribution is -2.47. The summed E-state index contributed by atoms with van der Waals surface area (Å²) >= 11 is 0. The molecule has 0 aliphatic carbocycles. The first-order valence-corrected chi connectivity index (χ1v) is 6.99. The summed E-state index contributed by atoms with van der Waals surface area (Å²) in [6.07, 6.45) is 1.98. The van der Waals surface area contributed by atoms with Crippen molar-refractivity contribution in [3.8, 4) is 0 Å². The number of nitrogens with zero attached hydrogens (tertiary/aromatic N) is 4. The maximum Gasteiger partial charge on any atom is 0.272 e. The van der Waals surface area contributed by atoms with Gasteiger partial charge in [-0.2, -0.15) is 0 Å². The van der Waals surface area contributed by atoms with Gasteiger partial charge in [0.05, 0.1) is 5.69 Å². The molecule has 5 heteroatoms. The molecule has 3 heterocycles. The third-order valence-corrected chi connectivity index (χ3v) is 3.93. The van der Waals surface area contributed by atoms with Gasteiger partial charge < -0.3 is 9.80 Å². The number of amides is 1. The highest BCUT2D eigenvalue weighted by Gasteiger charge is 2.25. The number of carbonyl (C=O) groups excluding carboxylic acids is 1. The number of aryl methyl sites for hydroxylation is 2. The molecule has 0 saturated carbocycles. The largest absolute Gasteiger partial charge is 0.335 e. The van der Waals surface area contributed by atoms with Gasteiger partial charge in [-0.05, 0) is 32.5 Å². The predicted molar refractivity (Wildman–Crippen MR) is 78.1 cm³/mol. The summed E-state index contributed by atoms with van der Waals surface area (Å²) in [6.45, 7) is 7.37. The Hall–Kier alpha value is -1.88. The summed E-state index contributed by atoms with van der Waals surface area (Å²) in [5.41, 5.74) is 3.47. The molecule has 5 nitrogen and oxygen atoms in total. The van der Waals surface area contributed by atoms with Crippen LogP contribution in [0.4, 0.5) is 0 Å². The van der Waals surface area contributed by atoms with E-state index in [1.54, 1.807) is 0 Å². The van der Waals surface area contributed by atoms with Crippen LogP contribution in [-0.2, 0) is 0 Å². The standard InChI is InChI=1S/C15H20N4O/c1-11-4-5-13-16-12(2)14(19(13)10-11)15(20)18-8-6-17(3)7-9-18/h4-5,10H,6-9H2,1-3H3. The van der Waals surface area contributed by atoms with E-state index in [0.717, 1.165) is 43.1 Å². The van der Waals surface area contributed by atoms with E-state index in [4.69, 9.17) is 0 Å². The number of fused-ring (bicyclic) bond motifs is 1. The monoisotopic (exact) mass is 272 g/mol. The first kappa shape index (κ1) is 13.1. The Morgan fingerprint density at radius 3 is 2.55 bits per heavy atom. The average Bonchev–Trinajstić information content (AvgIpc) is 2.74. The molecule has 0 spiro atoms. The highest BCUT2D eigenvalue weighted by molar-refractivity contribution is 5.94. The SMILES string of the molecule is Cc1ccc2nc(C)c(C(=O)N3CCN(C)CC3)n2c1. The van der Waals surface area contributed by atoms with Crippen LogP contribution in [0, 0.1) is 13.8 Å². The minimum atomic E-state index is 0.0914. The number of piperazine rings is 1. The van der Waals surface area contributed by atoms with Crippen molar-refractivity contribution in [3.63, 3.8) is 0 Å². The Kier molecular flexibility index (Phi) is 3.22. The van der Waals surface area contributed by atoms with Gasteiger partial charge in [0, 0.05) is 32.4 Å². The Morgan fingerprint density at radius 1 is 1.15 bits per heavy atom. The fourth-order valence-electron chi connectivity index (χ4n) is 2.69. The molecule has 1 aliphatic heterocycles. The number of pyridine rings is 1. The number of aromatic nitrogens is 2. The molecule has 2 aromatic heterocycles. The molecule has 0 N–H and O–H groups in total. The number of likely N-dealkylation sites (N-methyl/N-ethyl adjacent to an activating group) is 1. The quantitative estimate of drug-likeness (QED) is 0.786. The van der Waals surface area contributed by atoms with E-state index < -0.39 is 0 Å². The van der Waals surface area contributed by atoms with Crippen molar-refractivity contribution in [1.29, 1.82) is 0 Å². The maximum atomic E-state index is 12.8. The van der Waals surface area contributed by atoms with Gasteiger partial charge >= 0.3 is 0 Å². The van der Waals surface area contributed by atoms with E-state index in [1.807, 2.05) is 41.5 Å². The Morgan fingerprint density at radius 2 is 1.85 bits per heavy atom. The third-order valence-electron chi connectivity index (χ3n) is 3.93. The van der Waals surface area contributed by atoms with Gasteiger partial charge in [-0.25, -0.2) is 4.98 Å². The molecule has 1 fully saturated rings. The fraction of sp³-hybridized carbons (Fsp3) is 0.467. The Labute approximate surface area is 118 Å². The van der Waals surface area contributed by atoms with Crippen LogP contribution in [0.25, 0.3) is 5.65 Å². The van der Waals surface area contributed by atoms with Crippen LogP contribution in [0.15, 0.2) is 18.3 Å². The fourth-order valence-corrected chi connectivity index (χ4v) is 2.69. The summed E-state index contributed by atoms with van der Waals surface area (Å²) in [5, 5.41) is 0. The Balaban J connectivity index is 1.98. The summed E-state index contributed by atoms with van der Waals surface area (Å²) < 4.78 is 1.92. The van der Waals surface area contributed by atoms with E-state index >= 15 is 0 Å². The van der Waals surface area contributed by atoms with Crippen molar-refractivity contribution in [2.45, 2.75) is 13.8 Å². The molecule has 0 bridgehead atoms. The van der Waals surface area contributed by atoms with Crippen LogP contribution < -0.4 is 0 Å².